The van der Waals surface area contributed by atoms with Crippen LogP contribution in [0.3, 0.4) is 0 Å². The number of hydrogen-bond acceptors (Lipinski definition) is 7. The lowest BCUT2D eigenvalue weighted by Gasteiger charge is -2.33. The highest BCUT2D eigenvalue weighted by atomic mass is 19.4. The van der Waals surface area contributed by atoms with Crippen molar-refractivity contribution in [3.05, 3.63) is 52.6 Å². The molecule has 166 valence electrons. The van der Waals surface area contributed by atoms with E-state index >= 15 is 0 Å². The zero-order valence-corrected chi connectivity index (χ0v) is 17.0. The number of rotatable bonds is 4. The lowest BCUT2D eigenvalue weighted by molar-refractivity contribution is -0.274. The average molecular weight is 445 g/mol. The molecular formula is C21H18F3N5O3. The van der Waals surface area contributed by atoms with Gasteiger partial charge in [-0.05, 0) is 36.4 Å². The van der Waals surface area contributed by atoms with E-state index in [9.17, 15) is 23.2 Å². The van der Waals surface area contributed by atoms with Crippen LogP contribution < -0.4 is 20.1 Å². The molecule has 1 saturated heterocycles. The number of ether oxygens (including phenoxy) is 2. The predicted molar refractivity (Wildman–Crippen MR) is 108 cm³/mol. The summed E-state index contributed by atoms with van der Waals surface area (Å²) in [5.74, 6) is 0.551. The number of nitrogens with zero attached hydrogens (tertiary/aromatic N) is 5. The standard InChI is InChI=1S/C21H18F3N5O3/c1-28-17-7-2-13(12-25)26-18(17)19(27-20(28)30)29-10-8-15(9-11-29)31-14-3-5-16(6-4-14)32-21(22,23)24/h2-7,15H,8-11H2,1H3. The third-order valence-electron chi connectivity index (χ3n) is 5.15. The molecule has 4 rings (SSSR count). The molecule has 1 aliphatic rings. The van der Waals surface area contributed by atoms with Gasteiger partial charge in [-0.3, -0.25) is 4.57 Å². The Morgan fingerprint density at radius 2 is 1.72 bits per heavy atom. The number of nitriles is 1. The topological polar surface area (TPSA) is 93.3 Å². The number of fused-ring (bicyclic) bond motifs is 1. The number of alkyl halides is 3. The van der Waals surface area contributed by atoms with Crippen LogP contribution in [0.25, 0.3) is 11.0 Å². The highest BCUT2D eigenvalue weighted by Crippen LogP contribution is 2.28. The van der Waals surface area contributed by atoms with Crippen molar-refractivity contribution in [2.24, 2.45) is 7.05 Å². The second-order valence-electron chi connectivity index (χ2n) is 7.28. The fourth-order valence-corrected chi connectivity index (χ4v) is 3.59. The Hall–Kier alpha value is -3.81. The Morgan fingerprint density at radius 3 is 2.34 bits per heavy atom. The molecule has 0 unspecified atom stereocenters. The van der Waals surface area contributed by atoms with E-state index in [2.05, 4.69) is 14.7 Å². The van der Waals surface area contributed by atoms with Crippen LogP contribution in [0.15, 0.2) is 41.2 Å². The molecular weight excluding hydrogens is 427 g/mol. The van der Waals surface area contributed by atoms with Gasteiger partial charge in [-0.1, -0.05) is 0 Å². The Bertz CT molecular complexity index is 1230. The Kier molecular flexibility index (Phi) is 5.61. The maximum atomic E-state index is 12.3. The van der Waals surface area contributed by atoms with E-state index in [0.29, 0.717) is 48.5 Å². The van der Waals surface area contributed by atoms with Gasteiger partial charge in [-0.15, -0.1) is 13.2 Å². The smallest absolute Gasteiger partial charge is 0.490 e. The van der Waals surface area contributed by atoms with Gasteiger partial charge in [0.1, 0.15) is 34.9 Å². The van der Waals surface area contributed by atoms with Gasteiger partial charge in [0.2, 0.25) is 0 Å². The van der Waals surface area contributed by atoms with Gasteiger partial charge in [0.05, 0.1) is 5.52 Å². The summed E-state index contributed by atoms with van der Waals surface area (Å²) in [6.07, 6.45) is -3.68. The fraction of sp³-hybridized carbons (Fsp3) is 0.333. The number of piperidine rings is 1. The number of anilines is 1. The number of aromatic nitrogens is 3. The molecule has 3 aromatic rings. The van der Waals surface area contributed by atoms with Crippen molar-refractivity contribution in [2.75, 3.05) is 18.0 Å². The molecule has 1 fully saturated rings. The molecule has 1 aromatic carbocycles. The summed E-state index contributed by atoms with van der Waals surface area (Å²) >= 11 is 0. The highest BCUT2D eigenvalue weighted by Gasteiger charge is 2.31. The van der Waals surface area contributed by atoms with Gasteiger partial charge in [-0.25, -0.2) is 9.78 Å². The van der Waals surface area contributed by atoms with E-state index in [4.69, 9.17) is 4.74 Å². The van der Waals surface area contributed by atoms with Gasteiger partial charge in [0.15, 0.2) is 5.82 Å². The van der Waals surface area contributed by atoms with Crippen molar-refractivity contribution in [1.82, 2.24) is 14.5 Å². The summed E-state index contributed by atoms with van der Waals surface area (Å²) in [5.41, 5.74) is 0.873. The lowest BCUT2D eigenvalue weighted by Crippen LogP contribution is -2.40. The summed E-state index contributed by atoms with van der Waals surface area (Å²) in [5, 5.41) is 9.17. The maximum absolute atomic E-state index is 12.3. The van der Waals surface area contributed by atoms with Crippen molar-refractivity contribution in [3.63, 3.8) is 0 Å². The van der Waals surface area contributed by atoms with Gasteiger partial charge in [-0.2, -0.15) is 10.2 Å². The highest BCUT2D eigenvalue weighted by molar-refractivity contribution is 5.86. The second kappa shape index (κ2) is 8.37. The first kappa shape index (κ1) is 21.4. The van der Waals surface area contributed by atoms with Crippen molar-refractivity contribution < 1.29 is 22.6 Å². The third kappa shape index (κ3) is 4.59. The van der Waals surface area contributed by atoms with Crippen LogP contribution in [0.4, 0.5) is 19.0 Å². The Balaban J connectivity index is 1.46. The predicted octanol–water partition coefficient (Wildman–Crippen LogP) is 3.15. The van der Waals surface area contributed by atoms with Crippen LogP contribution in [-0.4, -0.2) is 40.1 Å². The zero-order chi connectivity index (χ0) is 22.9. The number of pyridine rings is 1. The second-order valence-corrected chi connectivity index (χ2v) is 7.28. The molecule has 0 radical (unpaired) electrons. The third-order valence-corrected chi connectivity index (χ3v) is 5.15. The number of halogens is 3. The molecule has 11 heteroatoms. The molecule has 0 N–H and O–H groups in total. The molecule has 32 heavy (non-hydrogen) atoms. The quantitative estimate of drug-likeness (QED) is 0.609. The molecule has 3 heterocycles. The molecule has 0 amide bonds. The minimum atomic E-state index is -4.74. The van der Waals surface area contributed by atoms with Crippen molar-refractivity contribution >= 4 is 16.9 Å². The van der Waals surface area contributed by atoms with E-state index < -0.39 is 12.1 Å². The molecule has 2 aromatic heterocycles. The van der Waals surface area contributed by atoms with Gasteiger partial charge in [0.25, 0.3) is 0 Å². The summed E-state index contributed by atoms with van der Waals surface area (Å²) in [7, 11) is 1.60. The van der Waals surface area contributed by atoms with Crippen molar-refractivity contribution in [1.29, 1.82) is 5.26 Å². The van der Waals surface area contributed by atoms with Crippen molar-refractivity contribution in [2.45, 2.75) is 25.3 Å². The largest absolute Gasteiger partial charge is 0.573 e. The minimum absolute atomic E-state index is 0.152. The van der Waals surface area contributed by atoms with Crippen LogP contribution in [0.5, 0.6) is 11.5 Å². The first-order valence-electron chi connectivity index (χ1n) is 9.79. The first-order valence-corrected chi connectivity index (χ1v) is 9.79. The van der Waals surface area contributed by atoms with Crippen molar-refractivity contribution in [3.8, 4) is 17.6 Å². The van der Waals surface area contributed by atoms with Crippen LogP contribution in [0.1, 0.15) is 18.5 Å². The first-order chi connectivity index (χ1) is 15.2. The summed E-state index contributed by atoms with van der Waals surface area (Å²) in [6, 6.07) is 10.5. The maximum Gasteiger partial charge on any atom is 0.573 e. The molecule has 0 bridgehead atoms. The van der Waals surface area contributed by atoms with E-state index in [1.807, 2.05) is 11.0 Å². The number of benzene rings is 1. The Labute approximate surface area is 180 Å². The zero-order valence-electron chi connectivity index (χ0n) is 17.0. The monoisotopic (exact) mass is 445 g/mol. The average Bonchev–Trinajstić information content (AvgIpc) is 2.77. The van der Waals surface area contributed by atoms with Gasteiger partial charge in [0, 0.05) is 33.0 Å². The van der Waals surface area contributed by atoms with Gasteiger partial charge >= 0.3 is 12.1 Å². The Morgan fingerprint density at radius 1 is 1.06 bits per heavy atom. The molecule has 0 saturated carbocycles. The van der Waals surface area contributed by atoms with Gasteiger partial charge < -0.3 is 14.4 Å². The lowest BCUT2D eigenvalue weighted by atomic mass is 10.1. The number of hydrogen-bond donors (Lipinski definition) is 0. The van der Waals surface area contributed by atoms with Crippen LogP contribution in [-0.2, 0) is 7.05 Å². The van der Waals surface area contributed by atoms with Crippen LogP contribution in [0, 0.1) is 11.3 Å². The molecule has 0 aliphatic carbocycles. The van der Waals surface area contributed by atoms with E-state index in [0.717, 1.165) is 0 Å². The molecule has 0 spiro atoms. The SMILES string of the molecule is Cn1c(=O)nc(N2CCC(Oc3ccc(OC(F)(F)F)cc3)CC2)c2nc(C#N)ccc21. The fourth-order valence-electron chi connectivity index (χ4n) is 3.59. The molecule has 0 atom stereocenters. The van der Waals surface area contributed by atoms with E-state index in [-0.39, 0.29) is 17.5 Å². The van der Waals surface area contributed by atoms with Crippen LogP contribution >= 0.6 is 0 Å². The van der Waals surface area contributed by atoms with E-state index in [1.165, 1.54) is 28.8 Å². The minimum Gasteiger partial charge on any atom is -0.490 e. The van der Waals surface area contributed by atoms with Crippen LogP contribution in [0.2, 0.25) is 0 Å². The summed E-state index contributed by atoms with van der Waals surface area (Å²) < 4.78 is 47.9. The molecule has 1 aliphatic heterocycles. The summed E-state index contributed by atoms with van der Waals surface area (Å²) in [4.78, 5) is 22.7. The normalized spacial score (nSPS) is 14.9. The summed E-state index contributed by atoms with van der Waals surface area (Å²) in [6.45, 7) is 1.07. The molecule has 8 nitrogen and oxygen atoms in total. The number of aryl methyl sites for hydroxylation is 1. The van der Waals surface area contributed by atoms with E-state index in [1.54, 1.807) is 19.2 Å².